The van der Waals surface area contributed by atoms with Crippen molar-refractivity contribution in [3.8, 4) is 0 Å². The van der Waals surface area contributed by atoms with E-state index in [1.165, 1.54) is 47.1 Å². The molecular weight excluding hydrogens is 278 g/mol. The Kier molecular flexibility index (Phi) is 4.56. The highest BCUT2D eigenvalue weighted by molar-refractivity contribution is 7.11. The molecule has 3 rings (SSSR count). The van der Waals surface area contributed by atoms with Crippen LogP contribution in [-0.4, -0.2) is 24.6 Å². The fraction of sp³-hybridized carbons (Fsp3) is 0.471. The summed E-state index contributed by atoms with van der Waals surface area (Å²) in [5.74, 6) is 0. The van der Waals surface area contributed by atoms with Crippen molar-refractivity contribution < 1.29 is 0 Å². The predicted molar refractivity (Wildman–Crippen MR) is 90.3 cm³/mol. The molecule has 2 N–H and O–H groups in total. The number of benzene rings is 1. The Hall–Kier alpha value is -1.39. The van der Waals surface area contributed by atoms with Crippen molar-refractivity contribution in [3.63, 3.8) is 0 Å². The normalized spacial score (nSPS) is 14.9. The van der Waals surface area contributed by atoms with E-state index in [1.807, 2.05) is 0 Å². The average Bonchev–Trinajstić information content (AvgIpc) is 3.11. The molecular formula is C17H23N3S. The molecule has 21 heavy (non-hydrogen) atoms. The summed E-state index contributed by atoms with van der Waals surface area (Å²) < 4.78 is 0. The Bertz CT molecular complexity index is 583. The second-order valence-corrected chi connectivity index (χ2v) is 6.86. The minimum absolute atomic E-state index is 0.678. The van der Waals surface area contributed by atoms with Crippen molar-refractivity contribution in [3.05, 3.63) is 45.4 Å². The van der Waals surface area contributed by atoms with Gasteiger partial charge in [-0.1, -0.05) is 12.1 Å². The minimum Gasteiger partial charge on any atom is -0.372 e. The molecule has 0 amide bonds. The van der Waals surface area contributed by atoms with E-state index >= 15 is 0 Å². The van der Waals surface area contributed by atoms with E-state index in [9.17, 15) is 0 Å². The van der Waals surface area contributed by atoms with Crippen molar-refractivity contribution in [2.75, 3.05) is 24.5 Å². The third-order valence-corrected chi connectivity index (χ3v) is 5.28. The van der Waals surface area contributed by atoms with Gasteiger partial charge in [-0.15, -0.1) is 11.3 Å². The van der Waals surface area contributed by atoms with E-state index in [0.717, 1.165) is 18.5 Å². The van der Waals surface area contributed by atoms with Crippen molar-refractivity contribution in [2.45, 2.75) is 32.6 Å². The van der Waals surface area contributed by atoms with Crippen LogP contribution in [0.5, 0.6) is 0 Å². The maximum absolute atomic E-state index is 5.61. The molecule has 112 valence electrons. The van der Waals surface area contributed by atoms with Crippen LogP contribution in [0.25, 0.3) is 0 Å². The number of aromatic nitrogens is 1. The standard InChI is InChI=1S/C17H23N3S/c1-13-16(21-17(19-13)8-9-18)12-14-4-6-15(7-5-14)20-10-2-3-11-20/h4-7H,2-3,8-12,18H2,1H3. The summed E-state index contributed by atoms with van der Waals surface area (Å²) in [7, 11) is 0. The van der Waals surface area contributed by atoms with E-state index in [4.69, 9.17) is 5.73 Å². The molecule has 1 aliphatic rings. The average molecular weight is 301 g/mol. The Morgan fingerprint density at radius 1 is 1.19 bits per heavy atom. The predicted octanol–water partition coefficient (Wildman–Crippen LogP) is 3.14. The first-order chi connectivity index (χ1) is 10.3. The Morgan fingerprint density at radius 3 is 2.57 bits per heavy atom. The summed E-state index contributed by atoms with van der Waals surface area (Å²) in [6, 6.07) is 9.04. The fourth-order valence-electron chi connectivity index (χ4n) is 2.87. The topological polar surface area (TPSA) is 42.1 Å². The highest BCUT2D eigenvalue weighted by Crippen LogP contribution is 2.24. The van der Waals surface area contributed by atoms with Crippen LogP contribution in [-0.2, 0) is 12.8 Å². The number of hydrogen-bond donors (Lipinski definition) is 1. The lowest BCUT2D eigenvalue weighted by atomic mass is 10.1. The van der Waals surface area contributed by atoms with Gasteiger partial charge in [0.15, 0.2) is 0 Å². The van der Waals surface area contributed by atoms with Crippen LogP contribution in [0.15, 0.2) is 24.3 Å². The lowest BCUT2D eigenvalue weighted by molar-refractivity contribution is 0.943. The van der Waals surface area contributed by atoms with Crippen LogP contribution in [0.3, 0.4) is 0 Å². The van der Waals surface area contributed by atoms with Crippen LogP contribution >= 0.6 is 11.3 Å². The SMILES string of the molecule is Cc1nc(CCN)sc1Cc1ccc(N2CCCC2)cc1. The largest absolute Gasteiger partial charge is 0.372 e. The number of hydrogen-bond acceptors (Lipinski definition) is 4. The molecule has 1 fully saturated rings. The van der Waals surface area contributed by atoms with Gasteiger partial charge in [0.05, 0.1) is 10.7 Å². The van der Waals surface area contributed by atoms with Crippen LogP contribution in [0.4, 0.5) is 5.69 Å². The Labute approximate surface area is 130 Å². The smallest absolute Gasteiger partial charge is 0.0943 e. The summed E-state index contributed by atoms with van der Waals surface area (Å²) in [4.78, 5) is 8.45. The van der Waals surface area contributed by atoms with E-state index < -0.39 is 0 Å². The maximum Gasteiger partial charge on any atom is 0.0943 e. The van der Waals surface area contributed by atoms with Gasteiger partial charge in [0, 0.05) is 36.5 Å². The van der Waals surface area contributed by atoms with Crippen molar-refractivity contribution in [1.29, 1.82) is 0 Å². The first-order valence-corrected chi connectivity index (χ1v) is 8.57. The van der Waals surface area contributed by atoms with Crippen molar-refractivity contribution >= 4 is 17.0 Å². The first-order valence-electron chi connectivity index (χ1n) is 7.75. The second kappa shape index (κ2) is 6.58. The molecule has 1 aliphatic heterocycles. The van der Waals surface area contributed by atoms with Crippen LogP contribution < -0.4 is 10.6 Å². The van der Waals surface area contributed by atoms with E-state index in [0.29, 0.717) is 6.54 Å². The van der Waals surface area contributed by atoms with Gasteiger partial charge in [-0.2, -0.15) is 0 Å². The summed E-state index contributed by atoms with van der Waals surface area (Å²) in [6.07, 6.45) is 4.52. The number of nitrogens with zero attached hydrogens (tertiary/aromatic N) is 2. The van der Waals surface area contributed by atoms with Gasteiger partial charge in [-0.05, 0) is 44.0 Å². The molecule has 4 heteroatoms. The van der Waals surface area contributed by atoms with Gasteiger partial charge in [0.1, 0.15) is 0 Å². The van der Waals surface area contributed by atoms with Gasteiger partial charge in [0.25, 0.3) is 0 Å². The molecule has 0 unspecified atom stereocenters. The Morgan fingerprint density at radius 2 is 1.90 bits per heavy atom. The van der Waals surface area contributed by atoms with E-state index in [2.05, 4.69) is 41.1 Å². The molecule has 2 heterocycles. The number of thiazole rings is 1. The summed E-state index contributed by atoms with van der Waals surface area (Å²) >= 11 is 1.81. The van der Waals surface area contributed by atoms with Crippen LogP contribution in [0, 0.1) is 6.92 Å². The monoisotopic (exact) mass is 301 g/mol. The molecule has 1 aromatic carbocycles. The third kappa shape index (κ3) is 3.44. The third-order valence-electron chi connectivity index (χ3n) is 4.07. The summed E-state index contributed by atoms with van der Waals surface area (Å²) in [5.41, 5.74) is 9.50. The number of rotatable bonds is 5. The summed E-state index contributed by atoms with van der Waals surface area (Å²) in [5, 5.41) is 1.17. The fourth-order valence-corrected chi connectivity index (χ4v) is 3.99. The van der Waals surface area contributed by atoms with Crippen molar-refractivity contribution in [2.24, 2.45) is 5.73 Å². The van der Waals surface area contributed by atoms with Crippen molar-refractivity contribution in [1.82, 2.24) is 4.98 Å². The lowest BCUT2D eigenvalue weighted by Gasteiger charge is -2.17. The number of nitrogens with two attached hydrogens (primary N) is 1. The molecule has 0 atom stereocenters. The zero-order valence-electron chi connectivity index (χ0n) is 12.6. The van der Waals surface area contributed by atoms with E-state index in [1.54, 1.807) is 11.3 Å². The molecule has 0 saturated carbocycles. The zero-order chi connectivity index (χ0) is 14.7. The Balaban J connectivity index is 1.69. The molecule has 0 aliphatic carbocycles. The van der Waals surface area contributed by atoms with Gasteiger partial charge >= 0.3 is 0 Å². The van der Waals surface area contributed by atoms with Gasteiger partial charge in [0.2, 0.25) is 0 Å². The molecule has 3 nitrogen and oxygen atoms in total. The highest BCUT2D eigenvalue weighted by Gasteiger charge is 2.12. The molecule has 1 aromatic heterocycles. The maximum atomic E-state index is 5.61. The van der Waals surface area contributed by atoms with Crippen LogP contribution in [0.1, 0.15) is 34.0 Å². The molecule has 0 bridgehead atoms. The molecule has 0 radical (unpaired) electrons. The number of aryl methyl sites for hydroxylation is 1. The zero-order valence-corrected chi connectivity index (χ0v) is 13.5. The highest BCUT2D eigenvalue weighted by atomic mass is 32.1. The van der Waals surface area contributed by atoms with Gasteiger partial charge in [-0.25, -0.2) is 4.98 Å². The quantitative estimate of drug-likeness (QED) is 0.922. The van der Waals surface area contributed by atoms with Crippen LogP contribution in [0.2, 0.25) is 0 Å². The van der Waals surface area contributed by atoms with E-state index in [-0.39, 0.29) is 0 Å². The lowest BCUT2D eigenvalue weighted by Crippen LogP contribution is -2.17. The second-order valence-electron chi connectivity index (χ2n) is 5.69. The minimum atomic E-state index is 0.678. The van der Waals surface area contributed by atoms with Gasteiger partial charge in [-0.3, -0.25) is 0 Å². The molecule has 0 spiro atoms. The van der Waals surface area contributed by atoms with Gasteiger partial charge < -0.3 is 10.6 Å². The summed E-state index contributed by atoms with van der Waals surface area (Å²) in [6.45, 7) is 5.19. The molecule has 1 saturated heterocycles. The molecule has 2 aromatic rings. The number of anilines is 1. The first kappa shape index (κ1) is 14.5.